The highest BCUT2D eigenvalue weighted by Gasteiger charge is 2.14. The van der Waals surface area contributed by atoms with E-state index in [-0.39, 0.29) is 4.90 Å². The smallest absolute Gasteiger partial charge is 0.261 e. The number of rotatable bonds is 5. The largest absolute Gasteiger partial charge is 0.455 e. The van der Waals surface area contributed by atoms with Crippen molar-refractivity contribution in [2.24, 2.45) is 0 Å². The second-order valence-corrected chi connectivity index (χ2v) is 7.82. The Bertz CT molecular complexity index is 1010. The average molecular weight is 368 g/mol. The molecule has 1 aromatic heterocycles. The Morgan fingerprint density at radius 1 is 0.923 bits per heavy atom. The molecule has 134 valence electrons. The number of anilines is 1. The molecular formula is C20H20N2O3S. The lowest BCUT2D eigenvalue weighted by atomic mass is 10.2. The Hall–Kier alpha value is -2.86. The van der Waals surface area contributed by atoms with E-state index in [1.807, 2.05) is 32.9 Å². The highest BCUT2D eigenvalue weighted by atomic mass is 32.2. The number of nitrogens with one attached hydrogen (secondary N) is 1. The number of hydrogen-bond donors (Lipinski definition) is 1. The van der Waals surface area contributed by atoms with E-state index in [2.05, 4.69) is 9.71 Å². The predicted molar refractivity (Wildman–Crippen MR) is 102 cm³/mol. The van der Waals surface area contributed by atoms with Crippen LogP contribution in [0.3, 0.4) is 0 Å². The van der Waals surface area contributed by atoms with Gasteiger partial charge in [0.2, 0.25) is 0 Å². The number of pyridine rings is 1. The van der Waals surface area contributed by atoms with E-state index in [0.717, 1.165) is 16.8 Å². The van der Waals surface area contributed by atoms with Crippen LogP contribution in [0.4, 0.5) is 5.69 Å². The van der Waals surface area contributed by atoms with Crippen molar-refractivity contribution >= 4 is 15.7 Å². The van der Waals surface area contributed by atoms with Crippen LogP contribution < -0.4 is 9.46 Å². The number of aromatic nitrogens is 1. The van der Waals surface area contributed by atoms with Gasteiger partial charge in [-0.1, -0.05) is 17.7 Å². The monoisotopic (exact) mass is 368 g/mol. The van der Waals surface area contributed by atoms with Gasteiger partial charge in [0, 0.05) is 11.4 Å². The van der Waals surface area contributed by atoms with Gasteiger partial charge in [-0.25, -0.2) is 8.42 Å². The van der Waals surface area contributed by atoms with Gasteiger partial charge in [-0.05, 0) is 68.8 Å². The maximum Gasteiger partial charge on any atom is 0.261 e. The molecule has 26 heavy (non-hydrogen) atoms. The highest BCUT2D eigenvalue weighted by Crippen LogP contribution is 2.28. The molecule has 0 radical (unpaired) electrons. The van der Waals surface area contributed by atoms with Crippen LogP contribution in [-0.4, -0.2) is 13.4 Å². The number of aryl methyl sites for hydroxylation is 3. The zero-order valence-corrected chi connectivity index (χ0v) is 15.7. The van der Waals surface area contributed by atoms with Crippen molar-refractivity contribution in [1.29, 1.82) is 0 Å². The normalized spacial score (nSPS) is 11.2. The Kier molecular flexibility index (Phi) is 4.95. The molecule has 1 heterocycles. The molecule has 0 atom stereocenters. The van der Waals surface area contributed by atoms with E-state index >= 15 is 0 Å². The van der Waals surface area contributed by atoms with Crippen LogP contribution in [-0.2, 0) is 10.0 Å². The fourth-order valence-electron chi connectivity index (χ4n) is 2.40. The van der Waals surface area contributed by atoms with Gasteiger partial charge in [0.05, 0.1) is 11.1 Å². The molecule has 0 amide bonds. The van der Waals surface area contributed by atoms with Crippen LogP contribution in [0.1, 0.15) is 16.8 Å². The fraction of sp³-hybridized carbons (Fsp3) is 0.150. The number of benzene rings is 2. The highest BCUT2D eigenvalue weighted by molar-refractivity contribution is 7.92. The lowest BCUT2D eigenvalue weighted by molar-refractivity contribution is 0.476. The molecule has 0 aliphatic heterocycles. The predicted octanol–water partition coefficient (Wildman–Crippen LogP) is 4.60. The molecule has 0 spiro atoms. The summed E-state index contributed by atoms with van der Waals surface area (Å²) < 4.78 is 33.4. The molecule has 2 aromatic carbocycles. The van der Waals surface area contributed by atoms with Gasteiger partial charge in [-0.2, -0.15) is 0 Å². The minimum atomic E-state index is -3.62. The van der Waals surface area contributed by atoms with Crippen LogP contribution in [0.15, 0.2) is 65.7 Å². The van der Waals surface area contributed by atoms with Crippen molar-refractivity contribution in [2.45, 2.75) is 25.7 Å². The number of nitrogens with zero attached hydrogens (tertiary/aromatic N) is 1. The molecule has 0 fully saturated rings. The Labute approximate surface area is 153 Å². The summed E-state index contributed by atoms with van der Waals surface area (Å²) in [6.45, 7) is 5.68. The summed E-state index contributed by atoms with van der Waals surface area (Å²) in [5.41, 5.74) is 3.22. The van der Waals surface area contributed by atoms with Crippen LogP contribution in [0.2, 0.25) is 0 Å². The van der Waals surface area contributed by atoms with Gasteiger partial charge < -0.3 is 4.74 Å². The average Bonchev–Trinajstić information content (AvgIpc) is 2.59. The van der Waals surface area contributed by atoms with Crippen molar-refractivity contribution in [3.63, 3.8) is 0 Å². The lowest BCUT2D eigenvalue weighted by Gasteiger charge is -2.12. The summed E-state index contributed by atoms with van der Waals surface area (Å²) in [5.74, 6) is 1.28. The van der Waals surface area contributed by atoms with Crippen molar-refractivity contribution in [1.82, 2.24) is 4.98 Å². The summed E-state index contributed by atoms with van der Waals surface area (Å²) >= 11 is 0. The lowest BCUT2D eigenvalue weighted by Crippen LogP contribution is -2.13. The zero-order chi connectivity index (χ0) is 18.7. The molecule has 0 bridgehead atoms. The third kappa shape index (κ3) is 4.21. The van der Waals surface area contributed by atoms with E-state index in [9.17, 15) is 8.42 Å². The first-order valence-corrected chi connectivity index (χ1v) is 9.62. The van der Waals surface area contributed by atoms with Crippen LogP contribution in [0, 0.1) is 20.8 Å². The molecule has 3 aromatic rings. The number of ether oxygens (including phenoxy) is 1. The van der Waals surface area contributed by atoms with Crippen LogP contribution in [0.25, 0.3) is 0 Å². The van der Waals surface area contributed by atoms with Gasteiger partial charge in [-0.15, -0.1) is 0 Å². The molecule has 0 unspecified atom stereocenters. The standard InChI is InChI=1S/C20H20N2O3S/c1-14-4-9-19(10-5-14)26(23,24)22-17-7-11-20(15(2)12-17)25-18-8-6-16(3)21-13-18/h4-13,22H,1-3H3. The Balaban J connectivity index is 1.78. The molecule has 5 nitrogen and oxygen atoms in total. The number of hydrogen-bond acceptors (Lipinski definition) is 4. The zero-order valence-electron chi connectivity index (χ0n) is 14.9. The summed E-state index contributed by atoms with van der Waals surface area (Å²) in [4.78, 5) is 4.42. The molecule has 0 aliphatic rings. The van der Waals surface area contributed by atoms with Gasteiger partial charge in [-0.3, -0.25) is 9.71 Å². The summed E-state index contributed by atoms with van der Waals surface area (Å²) in [5, 5.41) is 0. The van der Waals surface area contributed by atoms with E-state index in [1.54, 1.807) is 48.7 Å². The molecule has 1 N–H and O–H groups in total. The van der Waals surface area contributed by atoms with Gasteiger partial charge in [0.25, 0.3) is 10.0 Å². The van der Waals surface area contributed by atoms with Crippen molar-refractivity contribution in [3.8, 4) is 11.5 Å². The second kappa shape index (κ2) is 7.17. The minimum absolute atomic E-state index is 0.229. The van der Waals surface area contributed by atoms with E-state index < -0.39 is 10.0 Å². The fourth-order valence-corrected chi connectivity index (χ4v) is 3.45. The third-order valence-electron chi connectivity index (χ3n) is 3.87. The van der Waals surface area contributed by atoms with Crippen LogP contribution in [0.5, 0.6) is 11.5 Å². The van der Waals surface area contributed by atoms with Crippen molar-refractivity contribution in [3.05, 3.63) is 77.6 Å². The Morgan fingerprint density at radius 2 is 1.65 bits per heavy atom. The summed E-state index contributed by atoms with van der Waals surface area (Å²) in [7, 11) is -3.62. The van der Waals surface area contributed by atoms with E-state index in [0.29, 0.717) is 17.2 Å². The SMILES string of the molecule is Cc1ccc(S(=O)(=O)Nc2ccc(Oc3ccc(C)nc3)c(C)c2)cc1. The molecule has 6 heteroatoms. The molecule has 0 aliphatic carbocycles. The summed E-state index contributed by atoms with van der Waals surface area (Å²) in [6.07, 6.45) is 1.66. The van der Waals surface area contributed by atoms with Crippen molar-refractivity contribution in [2.75, 3.05) is 4.72 Å². The molecule has 0 saturated heterocycles. The number of sulfonamides is 1. The first-order valence-electron chi connectivity index (χ1n) is 8.14. The van der Waals surface area contributed by atoms with E-state index in [4.69, 9.17) is 4.74 Å². The van der Waals surface area contributed by atoms with Gasteiger partial charge in [0.1, 0.15) is 11.5 Å². The third-order valence-corrected chi connectivity index (χ3v) is 5.27. The molecule has 0 saturated carbocycles. The maximum atomic E-state index is 12.5. The van der Waals surface area contributed by atoms with Gasteiger partial charge >= 0.3 is 0 Å². The first kappa shape index (κ1) is 17.9. The Morgan fingerprint density at radius 3 is 2.27 bits per heavy atom. The first-order chi connectivity index (χ1) is 12.3. The second-order valence-electron chi connectivity index (χ2n) is 6.14. The van der Waals surface area contributed by atoms with Crippen molar-refractivity contribution < 1.29 is 13.2 Å². The van der Waals surface area contributed by atoms with E-state index in [1.165, 1.54) is 0 Å². The maximum absolute atomic E-state index is 12.5. The topological polar surface area (TPSA) is 68.3 Å². The minimum Gasteiger partial charge on any atom is -0.455 e. The van der Waals surface area contributed by atoms with Gasteiger partial charge in [0.15, 0.2) is 0 Å². The quantitative estimate of drug-likeness (QED) is 0.715. The summed E-state index contributed by atoms with van der Waals surface area (Å²) in [6, 6.07) is 15.6. The molecule has 3 rings (SSSR count). The van der Waals surface area contributed by atoms with Crippen LogP contribution >= 0.6 is 0 Å². The molecular weight excluding hydrogens is 348 g/mol.